The van der Waals surface area contributed by atoms with E-state index in [4.69, 9.17) is 14.0 Å². The predicted octanol–water partition coefficient (Wildman–Crippen LogP) is 3.43. The molecule has 0 spiro atoms. The third-order valence-corrected chi connectivity index (χ3v) is 3.81. The second-order valence-electron chi connectivity index (χ2n) is 6.30. The number of nitrogens with one attached hydrogen (secondary N) is 1. The van der Waals surface area contributed by atoms with Crippen LogP contribution in [0.3, 0.4) is 0 Å². The first-order valence-corrected chi connectivity index (χ1v) is 8.81. The molecule has 1 aromatic heterocycles. The van der Waals surface area contributed by atoms with Crippen LogP contribution in [0.25, 0.3) is 0 Å². The normalized spacial score (nSPS) is 11.7. The fourth-order valence-corrected chi connectivity index (χ4v) is 2.41. The van der Waals surface area contributed by atoms with E-state index >= 15 is 0 Å². The van der Waals surface area contributed by atoms with E-state index in [1.807, 2.05) is 0 Å². The zero-order valence-corrected chi connectivity index (χ0v) is 15.8. The molecule has 9 heteroatoms. The van der Waals surface area contributed by atoms with Gasteiger partial charge >= 0.3 is 0 Å². The first kappa shape index (κ1) is 20.2. The quantitative estimate of drug-likeness (QED) is 0.620. The lowest BCUT2D eigenvalue weighted by atomic mass is 10.2. The average molecular weight is 403 g/mol. The molecule has 0 fully saturated rings. The van der Waals surface area contributed by atoms with Crippen molar-refractivity contribution in [1.82, 2.24) is 15.5 Å². The molecule has 3 aromatic rings. The molecule has 0 bridgehead atoms. The van der Waals surface area contributed by atoms with E-state index in [1.165, 1.54) is 6.07 Å². The minimum atomic E-state index is -0.796. The maximum Gasteiger partial charge on any atom is 0.251 e. The van der Waals surface area contributed by atoms with Crippen molar-refractivity contribution >= 4 is 5.91 Å². The van der Waals surface area contributed by atoms with Gasteiger partial charge in [0.1, 0.15) is 18.2 Å². The number of aromatic nitrogens is 2. The van der Waals surface area contributed by atoms with Crippen LogP contribution in [0.2, 0.25) is 0 Å². The Hall–Kier alpha value is -3.49. The smallest absolute Gasteiger partial charge is 0.251 e. The van der Waals surface area contributed by atoms with Crippen molar-refractivity contribution in [2.24, 2.45) is 0 Å². The monoisotopic (exact) mass is 403 g/mol. The summed E-state index contributed by atoms with van der Waals surface area (Å²) in [6, 6.07) is 9.16. The van der Waals surface area contributed by atoms with Crippen molar-refractivity contribution in [2.45, 2.75) is 26.5 Å². The van der Waals surface area contributed by atoms with Crippen LogP contribution in [0.4, 0.5) is 8.78 Å². The summed E-state index contributed by atoms with van der Waals surface area (Å²) >= 11 is 0. The fourth-order valence-electron chi connectivity index (χ4n) is 2.41. The molecule has 0 aliphatic heterocycles. The lowest BCUT2D eigenvalue weighted by Gasteiger charge is -2.15. The summed E-state index contributed by atoms with van der Waals surface area (Å²) in [4.78, 5) is 16.3. The minimum absolute atomic E-state index is 0.0274. The number of aryl methyl sites for hydroxylation is 1. The van der Waals surface area contributed by atoms with Crippen LogP contribution < -0.4 is 14.8 Å². The van der Waals surface area contributed by atoms with Gasteiger partial charge in [-0.3, -0.25) is 4.79 Å². The molecular formula is C20H19F2N3O4. The molecule has 152 valence electrons. The van der Waals surface area contributed by atoms with Crippen LogP contribution in [0.15, 0.2) is 47.0 Å². The number of halogens is 2. The molecule has 0 saturated carbocycles. The third-order valence-electron chi connectivity index (χ3n) is 3.81. The third kappa shape index (κ3) is 5.74. The molecule has 1 heterocycles. The number of hydrogen-bond donors (Lipinski definition) is 1. The number of benzene rings is 2. The molecule has 0 aliphatic carbocycles. The molecule has 29 heavy (non-hydrogen) atoms. The lowest BCUT2D eigenvalue weighted by Crippen LogP contribution is -2.36. The van der Waals surface area contributed by atoms with Gasteiger partial charge in [0, 0.05) is 18.6 Å². The summed E-state index contributed by atoms with van der Waals surface area (Å²) < 4.78 is 42.1. The van der Waals surface area contributed by atoms with Crippen LogP contribution in [0, 0.1) is 18.6 Å². The van der Waals surface area contributed by atoms with E-state index in [-0.39, 0.29) is 24.9 Å². The Morgan fingerprint density at radius 1 is 1.17 bits per heavy atom. The summed E-state index contributed by atoms with van der Waals surface area (Å²) in [5, 5.41) is 6.47. The zero-order valence-electron chi connectivity index (χ0n) is 15.8. The number of ether oxygens (including phenoxy) is 2. The summed E-state index contributed by atoms with van der Waals surface area (Å²) in [5.41, 5.74) is 0.424. The summed E-state index contributed by atoms with van der Waals surface area (Å²) in [6.45, 7) is 3.58. The summed E-state index contributed by atoms with van der Waals surface area (Å²) in [7, 11) is 0. The van der Waals surface area contributed by atoms with Crippen molar-refractivity contribution in [3.8, 4) is 11.5 Å². The van der Waals surface area contributed by atoms with Gasteiger partial charge in [-0.1, -0.05) is 5.16 Å². The lowest BCUT2D eigenvalue weighted by molar-refractivity contribution is 0.0926. The highest BCUT2D eigenvalue weighted by Gasteiger charge is 2.12. The van der Waals surface area contributed by atoms with Gasteiger partial charge < -0.3 is 19.3 Å². The Labute approximate surface area is 165 Å². The van der Waals surface area contributed by atoms with Gasteiger partial charge in [0.15, 0.2) is 18.2 Å². The highest BCUT2D eigenvalue weighted by molar-refractivity contribution is 5.94. The Balaban J connectivity index is 1.48. The molecule has 1 unspecified atom stereocenters. The highest BCUT2D eigenvalue weighted by Crippen LogP contribution is 2.18. The number of rotatable bonds is 8. The van der Waals surface area contributed by atoms with Crippen LogP contribution >= 0.6 is 0 Å². The Morgan fingerprint density at radius 3 is 2.59 bits per heavy atom. The van der Waals surface area contributed by atoms with E-state index in [2.05, 4.69) is 15.5 Å². The standard InChI is InChI=1S/C20H19F2N3O4/c1-12(10-28-18-8-5-15(21)9-17(18)22)23-20(26)14-3-6-16(7-4-14)27-11-19-24-13(2)29-25-19/h3-9,12H,10-11H2,1-2H3,(H,23,26). The maximum absolute atomic E-state index is 13.6. The second-order valence-corrected chi connectivity index (χ2v) is 6.30. The van der Waals surface area contributed by atoms with Crippen LogP contribution in [0.5, 0.6) is 11.5 Å². The molecule has 3 rings (SSSR count). The van der Waals surface area contributed by atoms with Crippen molar-refractivity contribution < 1.29 is 27.6 Å². The number of carbonyl (C=O) groups is 1. The van der Waals surface area contributed by atoms with Gasteiger partial charge in [-0.25, -0.2) is 8.78 Å². The molecule has 0 saturated heterocycles. The van der Waals surface area contributed by atoms with Gasteiger partial charge in [-0.2, -0.15) is 4.98 Å². The van der Waals surface area contributed by atoms with Gasteiger partial charge in [0.05, 0.1) is 6.04 Å². The van der Waals surface area contributed by atoms with Crippen molar-refractivity contribution in [3.05, 3.63) is 71.4 Å². The van der Waals surface area contributed by atoms with E-state index in [0.29, 0.717) is 23.0 Å². The van der Waals surface area contributed by atoms with Crippen molar-refractivity contribution in [2.75, 3.05) is 6.61 Å². The molecule has 2 aromatic carbocycles. The molecular weight excluding hydrogens is 384 g/mol. The van der Waals surface area contributed by atoms with Gasteiger partial charge in [-0.05, 0) is 43.3 Å². The van der Waals surface area contributed by atoms with Crippen LogP contribution in [-0.4, -0.2) is 28.7 Å². The van der Waals surface area contributed by atoms with E-state index < -0.39 is 17.7 Å². The maximum atomic E-state index is 13.6. The molecule has 1 amide bonds. The van der Waals surface area contributed by atoms with Crippen molar-refractivity contribution in [1.29, 1.82) is 0 Å². The number of carbonyl (C=O) groups excluding carboxylic acids is 1. The van der Waals surface area contributed by atoms with Crippen molar-refractivity contribution in [3.63, 3.8) is 0 Å². The van der Waals surface area contributed by atoms with Gasteiger partial charge in [0.25, 0.3) is 5.91 Å². The molecule has 1 atom stereocenters. The Bertz CT molecular complexity index is 976. The largest absolute Gasteiger partial charge is 0.488 e. The van der Waals surface area contributed by atoms with Crippen LogP contribution in [-0.2, 0) is 6.61 Å². The second kappa shape index (κ2) is 9.13. The number of hydrogen-bond acceptors (Lipinski definition) is 6. The highest BCUT2D eigenvalue weighted by atomic mass is 19.1. The molecule has 0 aliphatic rings. The molecule has 0 radical (unpaired) electrons. The molecule has 1 N–H and O–H groups in total. The topological polar surface area (TPSA) is 86.5 Å². The number of nitrogens with zero attached hydrogens (tertiary/aromatic N) is 2. The summed E-state index contributed by atoms with van der Waals surface area (Å²) in [6.07, 6.45) is 0. The Morgan fingerprint density at radius 2 is 1.93 bits per heavy atom. The molecule has 7 nitrogen and oxygen atoms in total. The van der Waals surface area contributed by atoms with E-state index in [0.717, 1.165) is 12.1 Å². The summed E-state index contributed by atoms with van der Waals surface area (Å²) in [5.74, 6) is -0.447. The van der Waals surface area contributed by atoms with Gasteiger partial charge in [-0.15, -0.1) is 0 Å². The fraction of sp³-hybridized carbons (Fsp3) is 0.250. The van der Waals surface area contributed by atoms with Gasteiger partial charge in [0.2, 0.25) is 11.7 Å². The zero-order chi connectivity index (χ0) is 20.8. The first-order valence-electron chi connectivity index (χ1n) is 8.81. The minimum Gasteiger partial charge on any atom is -0.488 e. The predicted molar refractivity (Wildman–Crippen MR) is 98.6 cm³/mol. The number of amides is 1. The first-order chi connectivity index (χ1) is 13.9. The van der Waals surface area contributed by atoms with Crippen LogP contribution in [0.1, 0.15) is 29.0 Å². The van der Waals surface area contributed by atoms with E-state index in [9.17, 15) is 13.6 Å². The Kier molecular flexibility index (Phi) is 6.38. The SMILES string of the molecule is Cc1nc(COc2ccc(C(=O)NC(C)COc3ccc(F)cc3F)cc2)no1. The van der Waals surface area contributed by atoms with E-state index in [1.54, 1.807) is 38.1 Å². The average Bonchev–Trinajstić information content (AvgIpc) is 3.11.